The highest BCUT2D eigenvalue weighted by Crippen LogP contribution is 2.17. The van der Waals surface area contributed by atoms with Gasteiger partial charge in [-0.15, -0.1) is 0 Å². The van der Waals surface area contributed by atoms with E-state index in [4.69, 9.17) is 5.11 Å². The Labute approximate surface area is 146 Å². The number of benzene rings is 2. The molecule has 0 aliphatic heterocycles. The summed E-state index contributed by atoms with van der Waals surface area (Å²) in [7, 11) is 0. The summed E-state index contributed by atoms with van der Waals surface area (Å²) in [4.78, 5) is 35.5. The summed E-state index contributed by atoms with van der Waals surface area (Å²) in [5.41, 5.74) is 3.70. The molecule has 5 heteroatoms. The van der Waals surface area contributed by atoms with E-state index in [1.165, 1.54) is 6.07 Å². The maximum atomic E-state index is 12.3. The van der Waals surface area contributed by atoms with E-state index >= 15 is 0 Å². The topological polar surface area (TPSA) is 83.5 Å². The minimum atomic E-state index is -1.04. The molecule has 25 heavy (non-hydrogen) atoms. The smallest absolute Gasteiger partial charge is 0.336 e. The second-order valence-corrected chi connectivity index (χ2v) is 6.12. The van der Waals surface area contributed by atoms with Crippen LogP contribution in [-0.4, -0.2) is 22.8 Å². The molecule has 0 spiro atoms. The first-order valence-corrected chi connectivity index (χ1v) is 8.02. The molecule has 0 bridgehead atoms. The average molecular weight is 339 g/mol. The monoisotopic (exact) mass is 339 g/mol. The fraction of sp³-hybridized carbons (Fsp3) is 0.250. The third-order valence-electron chi connectivity index (χ3n) is 4.02. The molecule has 0 aliphatic carbocycles. The Morgan fingerprint density at radius 3 is 2.20 bits per heavy atom. The van der Waals surface area contributed by atoms with Crippen molar-refractivity contribution in [3.63, 3.8) is 0 Å². The Morgan fingerprint density at radius 1 is 0.880 bits per heavy atom. The number of carbonyl (C=O) groups excluding carboxylic acids is 2. The molecule has 130 valence electrons. The Bertz CT molecular complexity index is 840. The van der Waals surface area contributed by atoms with E-state index in [9.17, 15) is 14.4 Å². The molecule has 0 unspecified atom stereocenters. The Hall–Kier alpha value is -2.95. The van der Waals surface area contributed by atoms with E-state index in [1.54, 1.807) is 19.1 Å². The first kappa shape index (κ1) is 18.4. The van der Waals surface area contributed by atoms with Gasteiger partial charge in [0.2, 0.25) is 5.91 Å². The minimum Gasteiger partial charge on any atom is -0.478 e. The number of amides is 1. The number of rotatable bonds is 6. The van der Waals surface area contributed by atoms with Crippen molar-refractivity contribution in [1.29, 1.82) is 0 Å². The second-order valence-electron chi connectivity index (χ2n) is 6.12. The van der Waals surface area contributed by atoms with Crippen LogP contribution < -0.4 is 5.32 Å². The van der Waals surface area contributed by atoms with Crippen LogP contribution in [0.5, 0.6) is 0 Å². The van der Waals surface area contributed by atoms with Crippen molar-refractivity contribution in [1.82, 2.24) is 0 Å². The third kappa shape index (κ3) is 4.76. The minimum absolute atomic E-state index is 0.0441. The maximum Gasteiger partial charge on any atom is 0.336 e. The first-order chi connectivity index (χ1) is 11.8. The Balaban J connectivity index is 1.99. The highest BCUT2D eigenvalue weighted by Gasteiger charge is 2.13. The second kappa shape index (κ2) is 7.75. The number of carbonyl (C=O) groups is 3. The number of ketones is 1. The number of aromatic carboxylic acids is 1. The maximum absolute atomic E-state index is 12.3. The molecular formula is C20H21NO4. The Morgan fingerprint density at radius 2 is 1.52 bits per heavy atom. The van der Waals surface area contributed by atoms with Gasteiger partial charge in [-0.05, 0) is 50.1 Å². The number of carboxylic acid groups (broad SMARTS) is 1. The molecule has 5 nitrogen and oxygen atoms in total. The van der Waals surface area contributed by atoms with Crippen LogP contribution in [0.1, 0.15) is 50.2 Å². The van der Waals surface area contributed by atoms with Crippen LogP contribution in [0.3, 0.4) is 0 Å². The summed E-state index contributed by atoms with van der Waals surface area (Å²) in [6.45, 7) is 5.48. The van der Waals surface area contributed by atoms with Crippen LogP contribution in [0.15, 0.2) is 36.4 Å². The molecule has 0 atom stereocenters. The summed E-state index contributed by atoms with van der Waals surface area (Å²) in [5.74, 6) is -1.44. The number of Topliss-reactive ketones (excluding diaryl/α,β-unsaturated/α-hetero) is 1. The van der Waals surface area contributed by atoms with E-state index < -0.39 is 5.97 Å². The number of nitrogens with one attached hydrogen (secondary N) is 1. The Kier molecular flexibility index (Phi) is 5.70. The number of carboxylic acids is 1. The molecule has 0 fully saturated rings. The zero-order valence-electron chi connectivity index (χ0n) is 14.6. The van der Waals surface area contributed by atoms with Crippen molar-refractivity contribution in [3.05, 3.63) is 64.2 Å². The lowest BCUT2D eigenvalue weighted by atomic mass is 9.99. The molecule has 0 aromatic heterocycles. The molecule has 0 saturated carbocycles. The van der Waals surface area contributed by atoms with E-state index in [0.717, 1.165) is 11.1 Å². The normalized spacial score (nSPS) is 10.4. The molecule has 2 aromatic rings. The van der Waals surface area contributed by atoms with E-state index in [0.29, 0.717) is 16.8 Å². The summed E-state index contributed by atoms with van der Waals surface area (Å²) in [6, 6.07) is 10.4. The van der Waals surface area contributed by atoms with Gasteiger partial charge in [0.1, 0.15) is 0 Å². The summed E-state index contributed by atoms with van der Waals surface area (Å²) < 4.78 is 0. The molecule has 0 heterocycles. The fourth-order valence-electron chi connectivity index (χ4n) is 2.55. The predicted octanol–water partition coefficient (Wildman–Crippen LogP) is 3.91. The summed E-state index contributed by atoms with van der Waals surface area (Å²) in [5, 5.41) is 11.8. The van der Waals surface area contributed by atoms with Crippen molar-refractivity contribution in [2.45, 2.75) is 33.6 Å². The van der Waals surface area contributed by atoms with Gasteiger partial charge in [0.25, 0.3) is 0 Å². The quantitative estimate of drug-likeness (QED) is 0.782. The standard InChI is InChI=1S/C20H21NO4/c1-12-4-5-13(2)16(10-12)18(22)8-9-19(23)21-15-7-6-14(3)17(11-15)20(24)25/h4-7,10-11H,8-9H2,1-3H3,(H,21,23)(H,24,25). The lowest BCUT2D eigenvalue weighted by Gasteiger charge is -2.09. The van der Waals surface area contributed by atoms with Gasteiger partial charge in [-0.1, -0.05) is 23.8 Å². The molecule has 0 saturated heterocycles. The lowest BCUT2D eigenvalue weighted by molar-refractivity contribution is -0.116. The number of aryl methyl sites for hydroxylation is 3. The summed E-state index contributed by atoms with van der Waals surface area (Å²) in [6.07, 6.45) is 0.149. The third-order valence-corrected chi connectivity index (χ3v) is 4.02. The van der Waals surface area contributed by atoms with E-state index in [2.05, 4.69) is 5.32 Å². The van der Waals surface area contributed by atoms with Gasteiger partial charge < -0.3 is 10.4 Å². The highest BCUT2D eigenvalue weighted by molar-refractivity contribution is 6.01. The number of hydrogen-bond acceptors (Lipinski definition) is 3. The fourth-order valence-corrected chi connectivity index (χ4v) is 2.55. The summed E-state index contributed by atoms with van der Waals surface area (Å²) >= 11 is 0. The van der Waals surface area contributed by atoms with Crippen LogP contribution >= 0.6 is 0 Å². The van der Waals surface area contributed by atoms with Crippen LogP contribution in [0, 0.1) is 20.8 Å². The van der Waals surface area contributed by atoms with Crippen molar-refractivity contribution in [2.24, 2.45) is 0 Å². The van der Waals surface area contributed by atoms with Crippen molar-refractivity contribution in [2.75, 3.05) is 5.32 Å². The predicted molar refractivity (Wildman–Crippen MR) is 96.2 cm³/mol. The van der Waals surface area contributed by atoms with Crippen LogP contribution in [0.25, 0.3) is 0 Å². The van der Waals surface area contributed by atoms with Crippen LogP contribution in [0.4, 0.5) is 5.69 Å². The molecule has 1 amide bonds. The van der Waals surface area contributed by atoms with Crippen molar-refractivity contribution >= 4 is 23.3 Å². The van der Waals surface area contributed by atoms with Gasteiger partial charge >= 0.3 is 5.97 Å². The van der Waals surface area contributed by atoms with Gasteiger partial charge in [-0.2, -0.15) is 0 Å². The molecule has 2 aromatic carbocycles. The zero-order chi connectivity index (χ0) is 18.6. The van der Waals surface area contributed by atoms with E-state index in [1.807, 2.05) is 32.0 Å². The van der Waals surface area contributed by atoms with Crippen molar-refractivity contribution < 1.29 is 19.5 Å². The number of anilines is 1. The highest BCUT2D eigenvalue weighted by atomic mass is 16.4. The largest absolute Gasteiger partial charge is 0.478 e. The van der Waals surface area contributed by atoms with Gasteiger partial charge in [0.05, 0.1) is 5.56 Å². The molecule has 2 rings (SSSR count). The first-order valence-electron chi connectivity index (χ1n) is 8.02. The molecule has 0 aliphatic rings. The van der Waals surface area contributed by atoms with Gasteiger partial charge in [0, 0.05) is 24.1 Å². The lowest BCUT2D eigenvalue weighted by Crippen LogP contribution is -2.14. The van der Waals surface area contributed by atoms with Crippen molar-refractivity contribution in [3.8, 4) is 0 Å². The SMILES string of the molecule is Cc1ccc(C)c(C(=O)CCC(=O)Nc2ccc(C)c(C(=O)O)c2)c1. The number of hydrogen-bond donors (Lipinski definition) is 2. The molecule has 0 radical (unpaired) electrons. The van der Waals surface area contributed by atoms with Crippen LogP contribution in [0.2, 0.25) is 0 Å². The van der Waals surface area contributed by atoms with E-state index in [-0.39, 0.29) is 30.1 Å². The van der Waals surface area contributed by atoms with Gasteiger partial charge in [-0.25, -0.2) is 4.79 Å². The molecule has 2 N–H and O–H groups in total. The van der Waals surface area contributed by atoms with Crippen LogP contribution in [-0.2, 0) is 4.79 Å². The molecular weight excluding hydrogens is 318 g/mol. The van der Waals surface area contributed by atoms with Gasteiger partial charge in [-0.3, -0.25) is 9.59 Å². The van der Waals surface area contributed by atoms with Gasteiger partial charge in [0.15, 0.2) is 5.78 Å². The zero-order valence-corrected chi connectivity index (χ0v) is 14.6. The average Bonchev–Trinajstić information content (AvgIpc) is 2.56.